The average Bonchev–Trinajstić information content (AvgIpc) is 3.15. The SMILES string of the molecule is C[C@H](NC(=O)C(N)CCc1ccccc1)C(=O)NCc1cc2c(N)nccc2s1. The van der Waals surface area contributed by atoms with Gasteiger partial charge in [-0.3, -0.25) is 9.59 Å². The van der Waals surface area contributed by atoms with E-state index in [1.165, 1.54) is 0 Å². The van der Waals surface area contributed by atoms with E-state index in [0.717, 1.165) is 20.5 Å². The van der Waals surface area contributed by atoms with Crippen molar-refractivity contribution in [3.63, 3.8) is 0 Å². The molecule has 2 amide bonds. The third kappa shape index (κ3) is 5.52. The Labute approximate surface area is 173 Å². The fraction of sp³-hybridized carbons (Fsp3) is 0.286. The van der Waals surface area contributed by atoms with Gasteiger partial charge < -0.3 is 22.1 Å². The molecule has 0 aliphatic carbocycles. The molecule has 29 heavy (non-hydrogen) atoms. The number of hydrogen-bond acceptors (Lipinski definition) is 6. The van der Waals surface area contributed by atoms with E-state index in [9.17, 15) is 9.59 Å². The van der Waals surface area contributed by atoms with Gasteiger partial charge in [-0.15, -0.1) is 11.3 Å². The minimum Gasteiger partial charge on any atom is -0.383 e. The summed E-state index contributed by atoms with van der Waals surface area (Å²) in [5.74, 6) is -0.122. The van der Waals surface area contributed by atoms with Crippen molar-refractivity contribution < 1.29 is 9.59 Å². The number of aromatic nitrogens is 1. The van der Waals surface area contributed by atoms with Crippen LogP contribution < -0.4 is 22.1 Å². The first-order chi connectivity index (χ1) is 13.9. The fourth-order valence-electron chi connectivity index (χ4n) is 2.93. The summed E-state index contributed by atoms with van der Waals surface area (Å²) < 4.78 is 1.02. The molecule has 2 atom stereocenters. The van der Waals surface area contributed by atoms with E-state index in [4.69, 9.17) is 11.5 Å². The van der Waals surface area contributed by atoms with E-state index in [0.29, 0.717) is 25.2 Å². The minimum absolute atomic E-state index is 0.267. The number of nitrogens with two attached hydrogens (primary N) is 2. The van der Waals surface area contributed by atoms with Crippen LogP contribution >= 0.6 is 11.3 Å². The van der Waals surface area contributed by atoms with Gasteiger partial charge in [0.15, 0.2) is 0 Å². The Bertz CT molecular complexity index is 989. The van der Waals surface area contributed by atoms with Crippen LogP contribution in [0.5, 0.6) is 0 Å². The van der Waals surface area contributed by atoms with Crippen molar-refractivity contribution in [3.8, 4) is 0 Å². The van der Waals surface area contributed by atoms with Gasteiger partial charge in [-0.25, -0.2) is 4.98 Å². The maximum Gasteiger partial charge on any atom is 0.242 e. The summed E-state index contributed by atoms with van der Waals surface area (Å²) in [7, 11) is 0. The molecule has 0 aliphatic heterocycles. The normalized spacial score (nSPS) is 13.0. The molecular weight excluding hydrogens is 386 g/mol. The largest absolute Gasteiger partial charge is 0.383 e. The highest BCUT2D eigenvalue weighted by Crippen LogP contribution is 2.28. The molecule has 152 valence electrons. The number of carbonyl (C=O) groups is 2. The van der Waals surface area contributed by atoms with E-state index < -0.39 is 12.1 Å². The number of fused-ring (bicyclic) bond motifs is 1. The number of thiophene rings is 1. The highest BCUT2D eigenvalue weighted by Gasteiger charge is 2.20. The van der Waals surface area contributed by atoms with Gasteiger partial charge in [0.25, 0.3) is 0 Å². The van der Waals surface area contributed by atoms with Crippen LogP contribution in [0.3, 0.4) is 0 Å². The zero-order valence-corrected chi connectivity index (χ0v) is 17.0. The van der Waals surface area contributed by atoms with E-state index in [2.05, 4.69) is 15.6 Å². The molecule has 0 bridgehead atoms. The van der Waals surface area contributed by atoms with Crippen molar-refractivity contribution >= 4 is 39.1 Å². The molecule has 2 heterocycles. The molecule has 1 unspecified atom stereocenters. The summed E-state index contributed by atoms with van der Waals surface area (Å²) in [4.78, 5) is 29.6. The quantitative estimate of drug-likeness (QED) is 0.451. The number of amides is 2. The summed E-state index contributed by atoms with van der Waals surface area (Å²) >= 11 is 1.55. The van der Waals surface area contributed by atoms with Crippen molar-refractivity contribution in [2.75, 3.05) is 5.73 Å². The predicted molar refractivity (Wildman–Crippen MR) is 116 cm³/mol. The second-order valence-corrected chi connectivity index (χ2v) is 8.07. The predicted octanol–water partition coefficient (Wildman–Crippen LogP) is 1.96. The molecule has 0 fully saturated rings. The van der Waals surface area contributed by atoms with Gasteiger partial charge in [0.1, 0.15) is 11.9 Å². The highest BCUT2D eigenvalue weighted by molar-refractivity contribution is 7.19. The lowest BCUT2D eigenvalue weighted by atomic mass is 10.1. The molecule has 0 saturated heterocycles. The van der Waals surface area contributed by atoms with Gasteiger partial charge in [-0.05, 0) is 37.5 Å². The molecule has 7 nitrogen and oxygen atoms in total. The molecular formula is C21H25N5O2S. The lowest BCUT2D eigenvalue weighted by Crippen LogP contribution is -2.50. The van der Waals surface area contributed by atoms with Crippen molar-refractivity contribution in [1.29, 1.82) is 0 Å². The Balaban J connectivity index is 1.46. The maximum absolute atomic E-state index is 12.3. The molecule has 0 spiro atoms. The van der Waals surface area contributed by atoms with Gasteiger partial charge >= 0.3 is 0 Å². The maximum atomic E-state index is 12.3. The van der Waals surface area contributed by atoms with Crippen molar-refractivity contribution in [1.82, 2.24) is 15.6 Å². The Morgan fingerprint density at radius 2 is 1.93 bits per heavy atom. The number of benzene rings is 1. The van der Waals surface area contributed by atoms with Crippen molar-refractivity contribution in [3.05, 3.63) is 59.1 Å². The Hall–Kier alpha value is -2.97. The third-order valence-corrected chi connectivity index (χ3v) is 5.74. The van der Waals surface area contributed by atoms with E-state index >= 15 is 0 Å². The standard InChI is InChI=1S/C21H25N5O2S/c1-13(26-21(28)17(22)8-7-14-5-3-2-4-6-14)20(27)25-12-15-11-16-18(29-15)9-10-24-19(16)23/h2-6,9-11,13,17H,7-8,12,22H2,1H3,(H2,23,24)(H,25,27)(H,26,28)/t13-,17?/m0/s1. The number of rotatable bonds is 8. The lowest BCUT2D eigenvalue weighted by Gasteiger charge is -2.17. The number of nitrogen functional groups attached to an aromatic ring is 1. The van der Waals surface area contributed by atoms with E-state index in [-0.39, 0.29) is 11.8 Å². The second-order valence-electron chi connectivity index (χ2n) is 6.90. The van der Waals surface area contributed by atoms with Crippen LogP contribution in [-0.2, 0) is 22.6 Å². The summed E-state index contributed by atoms with van der Waals surface area (Å²) in [6, 6.07) is 12.3. The molecule has 1 aromatic carbocycles. The van der Waals surface area contributed by atoms with Crippen LogP contribution in [0.4, 0.5) is 5.82 Å². The monoisotopic (exact) mass is 411 g/mol. The summed E-state index contributed by atoms with van der Waals surface area (Å²) in [5, 5.41) is 6.40. The molecule has 0 aliphatic rings. The zero-order valence-electron chi connectivity index (χ0n) is 16.2. The third-order valence-electron chi connectivity index (χ3n) is 4.64. The first-order valence-electron chi connectivity index (χ1n) is 9.44. The highest BCUT2D eigenvalue weighted by atomic mass is 32.1. The van der Waals surface area contributed by atoms with Crippen LogP contribution in [0.25, 0.3) is 10.1 Å². The Morgan fingerprint density at radius 3 is 2.66 bits per heavy atom. The van der Waals surface area contributed by atoms with E-state index in [1.807, 2.05) is 42.5 Å². The Morgan fingerprint density at radius 1 is 1.17 bits per heavy atom. The van der Waals surface area contributed by atoms with Gasteiger partial charge in [-0.2, -0.15) is 0 Å². The minimum atomic E-state index is -0.675. The number of nitrogens with zero attached hydrogens (tertiary/aromatic N) is 1. The molecule has 6 N–H and O–H groups in total. The number of aryl methyl sites for hydroxylation is 1. The van der Waals surface area contributed by atoms with Gasteiger partial charge in [-0.1, -0.05) is 30.3 Å². The van der Waals surface area contributed by atoms with E-state index in [1.54, 1.807) is 24.5 Å². The molecule has 2 aromatic heterocycles. The van der Waals surface area contributed by atoms with Gasteiger partial charge in [0.05, 0.1) is 12.6 Å². The lowest BCUT2D eigenvalue weighted by molar-refractivity contribution is -0.129. The number of pyridine rings is 1. The van der Waals surface area contributed by atoms with Crippen LogP contribution in [0.1, 0.15) is 23.8 Å². The molecule has 8 heteroatoms. The first-order valence-corrected chi connectivity index (χ1v) is 10.3. The van der Waals surface area contributed by atoms with Crippen LogP contribution in [0.2, 0.25) is 0 Å². The van der Waals surface area contributed by atoms with Crippen LogP contribution in [-0.4, -0.2) is 28.9 Å². The summed E-state index contributed by atoms with van der Waals surface area (Å²) in [5.41, 5.74) is 13.0. The second kappa shape index (κ2) is 9.49. The summed E-state index contributed by atoms with van der Waals surface area (Å²) in [6.07, 6.45) is 2.89. The molecule has 3 rings (SSSR count). The summed E-state index contributed by atoms with van der Waals surface area (Å²) in [6.45, 7) is 2.00. The Kier molecular flexibility index (Phi) is 6.79. The smallest absolute Gasteiger partial charge is 0.242 e. The zero-order chi connectivity index (χ0) is 20.8. The fourth-order valence-corrected chi connectivity index (χ4v) is 3.94. The van der Waals surface area contributed by atoms with Crippen molar-refractivity contribution in [2.24, 2.45) is 5.73 Å². The number of hydrogen-bond donors (Lipinski definition) is 4. The van der Waals surface area contributed by atoms with Gasteiger partial charge in [0.2, 0.25) is 11.8 Å². The number of carbonyl (C=O) groups excluding carboxylic acids is 2. The van der Waals surface area contributed by atoms with Crippen molar-refractivity contribution in [2.45, 2.75) is 38.4 Å². The number of anilines is 1. The molecule has 0 saturated carbocycles. The average molecular weight is 412 g/mol. The van der Waals surface area contributed by atoms with Crippen LogP contribution in [0, 0.1) is 0 Å². The molecule has 3 aromatic rings. The topological polar surface area (TPSA) is 123 Å². The first kappa shape index (κ1) is 20.8. The number of nitrogens with one attached hydrogen (secondary N) is 2. The molecule has 0 radical (unpaired) electrons. The van der Waals surface area contributed by atoms with Gasteiger partial charge in [0, 0.05) is 21.2 Å². The van der Waals surface area contributed by atoms with Crippen LogP contribution in [0.15, 0.2) is 48.7 Å².